The van der Waals surface area contributed by atoms with Gasteiger partial charge in [0, 0.05) is 26.4 Å². The van der Waals surface area contributed by atoms with Gasteiger partial charge in [-0.2, -0.15) is 0 Å². The number of carbonyl (C=O) groups excluding carboxylic acids is 1. The van der Waals surface area contributed by atoms with Crippen molar-refractivity contribution in [2.45, 2.75) is 0 Å². The number of halogens is 2. The van der Waals surface area contributed by atoms with Crippen LogP contribution in [0, 0.1) is 9.39 Å². The van der Waals surface area contributed by atoms with Gasteiger partial charge < -0.3 is 10.1 Å². The molecule has 0 aliphatic heterocycles. The molecule has 1 heterocycles. The van der Waals surface area contributed by atoms with E-state index in [9.17, 15) is 9.18 Å². The third kappa shape index (κ3) is 4.26. The first-order chi connectivity index (χ1) is 11.1. The second-order valence-electron chi connectivity index (χ2n) is 4.54. The van der Waals surface area contributed by atoms with Crippen molar-refractivity contribution in [1.29, 1.82) is 0 Å². The van der Waals surface area contributed by atoms with E-state index in [1.807, 2.05) is 28.0 Å². The summed E-state index contributed by atoms with van der Waals surface area (Å²) in [5, 5.41) is 5.03. The molecule has 0 saturated carbocycles. The molecule has 0 saturated heterocycles. The van der Waals surface area contributed by atoms with Gasteiger partial charge in [0.25, 0.3) is 11.1 Å². The molecule has 0 aliphatic carbocycles. The van der Waals surface area contributed by atoms with Gasteiger partial charge in [-0.15, -0.1) is 0 Å². The van der Waals surface area contributed by atoms with Gasteiger partial charge in [-0.25, -0.2) is 9.37 Å². The van der Waals surface area contributed by atoms with Gasteiger partial charge in [-0.05, 0) is 65.1 Å². The Balaban J connectivity index is 1.70. The van der Waals surface area contributed by atoms with E-state index in [0.29, 0.717) is 25.8 Å². The van der Waals surface area contributed by atoms with E-state index in [2.05, 4.69) is 10.3 Å². The number of rotatable bonds is 4. The van der Waals surface area contributed by atoms with Crippen molar-refractivity contribution in [2.24, 2.45) is 0 Å². The monoisotopic (exact) mass is 440 g/mol. The SMILES string of the molecule is O=C(Nc1cc(F)cc(I)c1)c1ccc(Oc2nccs2)cc1. The van der Waals surface area contributed by atoms with Crippen LogP contribution in [0.5, 0.6) is 10.9 Å². The Morgan fingerprint density at radius 3 is 2.65 bits per heavy atom. The minimum Gasteiger partial charge on any atom is -0.431 e. The summed E-state index contributed by atoms with van der Waals surface area (Å²) < 4.78 is 19.6. The highest BCUT2D eigenvalue weighted by Crippen LogP contribution is 2.24. The first kappa shape index (κ1) is 15.9. The second-order valence-corrected chi connectivity index (χ2v) is 6.64. The van der Waals surface area contributed by atoms with E-state index >= 15 is 0 Å². The lowest BCUT2D eigenvalue weighted by atomic mass is 10.2. The fourth-order valence-electron chi connectivity index (χ4n) is 1.87. The van der Waals surface area contributed by atoms with Crippen LogP contribution in [0.3, 0.4) is 0 Å². The van der Waals surface area contributed by atoms with E-state index in [4.69, 9.17) is 4.74 Å². The molecular formula is C16H10FIN2O2S. The topological polar surface area (TPSA) is 51.2 Å². The Bertz CT molecular complexity index is 802. The zero-order valence-corrected chi connectivity index (χ0v) is 14.6. The zero-order valence-electron chi connectivity index (χ0n) is 11.6. The predicted molar refractivity (Wildman–Crippen MR) is 95.7 cm³/mol. The Labute approximate surface area is 149 Å². The highest BCUT2D eigenvalue weighted by atomic mass is 127. The Kier molecular flexibility index (Phi) is 4.87. The molecule has 1 aromatic heterocycles. The van der Waals surface area contributed by atoms with Gasteiger partial charge in [0.05, 0.1) is 0 Å². The van der Waals surface area contributed by atoms with Gasteiger partial charge in [-0.3, -0.25) is 4.79 Å². The van der Waals surface area contributed by atoms with Crippen LogP contribution in [-0.4, -0.2) is 10.9 Å². The fraction of sp³-hybridized carbons (Fsp3) is 0. The number of carbonyl (C=O) groups is 1. The van der Waals surface area contributed by atoms with Crippen molar-refractivity contribution in [3.05, 3.63) is 69.0 Å². The number of hydrogen-bond acceptors (Lipinski definition) is 4. The van der Waals surface area contributed by atoms with E-state index in [1.54, 1.807) is 36.5 Å². The molecule has 7 heteroatoms. The lowest BCUT2D eigenvalue weighted by Gasteiger charge is -2.07. The highest BCUT2D eigenvalue weighted by molar-refractivity contribution is 14.1. The summed E-state index contributed by atoms with van der Waals surface area (Å²) in [7, 11) is 0. The zero-order chi connectivity index (χ0) is 16.2. The van der Waals surface area contributed by atoms with E-state index < -0.39 is 0 Å². The Hall–Kier alpha value is -2.00. The highest BCUT2D eigenvalue weighted by Gasteiger charge is 2.08. The minimum atomic E-state index is -0.389. The molecule has 0 fully saturated rings. The van der Waals surface area contributed by atoms with Gasteiger partial charge >= 0.3 is 0 Å². The molecule has 0 spiro atoms. The van der Waals surface area contributed by atoms with Crippen molar-refractivity contribution >= 4 is 45.5 Å². The smallest absolute Gasteiger partial charge is 0.278 e. The van der Waals surface area contributed by atoms with Crippen molar-refractivity contribution in [1.82, 2.24) is 4.98 Å². The molecule has 0 bridgehead atoms. The Morgan fingerprint density at radius 2 is 2.00 bits per heavy atom. The van der Waals surface area contributed by atoms with Crippen molar-refractivity contribution in [2.75, 3.05) is 5.32 Å². The van der Waals surface area contributed by atoms with Crippen LogP contribution in [0.4, 0.5) is 10.1 Å². The van der Waals surface area contributed by atoms with E-state index in [-0.39, 0.29) is 11.7 Å². The van der Waals surface area contributed by atoms with Gasteiger partial charge in [-0.1, -0.05) is 11.3 Å². The average Bonchev–Trinajstić information content (AvgIpc) is 3.00. The predicted octanol–water partition coefficient (Wildman–Crippen LogP) is 4.93. The first-order valence-corrected chi connectivity index (χ1v) is 8.51. The van der Waals surface area contributed by atoms with Crippen LogP contribution in [0.2, 0.25) is 0 Å². The summed E-state index contributed by atoms with van der Waals surface area (Å²) in [6.45, 7) is 0. The lowest BCUT2D eigenvalue weighted by molar-refractivity contribution is 0.102. The molecule has 0 radical (unpaired) electrons. The molecule has 116 valence electrons. The molecule has 2 aromatic carbocycles. The molecule has 1 amide bonds. The number of aromatic nitrogens is 1. The molecule has 4 nitrogen and oxygen atoms in total. The third-order valence-electron chi connectivity index (χ3n) is 2.85. The maximum absolute atomic E-state index is 13.3. The summed E-state index contributed by atoms with van der Waals surface area (Å²) in [6.07, 6.45) is 1.65. The van der Waals surface area contributed by atoms with Crippen molar-refractivity contribution in [3.8, 4) is 10.9 Å². The van der Waals surface area contributed by atoms with Crippen molar-refractivity contribution < 1.29 is 13.9 Å². The minimum absolute atomic E-state index is 0.313. The number of benzene rings is 2. The number of hydrogen-bond donors (Lipinski definition) is 1. The molecule has 0 atom stereocenters. The summed E-state index contributed by atoms with van der Waals surface area (Å²) in [5.41, 5.74) is 0.873. The van der Waals surface area contributed by atoms with Crippen LogP contribution in [0.1, 0.15) is 10.4 Å². The van der Waals surface area contributed by atoms with Crippen LogP contribution in [-0.2, 0) is 0 Å². The van der Waals surface area contributed by atoms with Crippen LogP contribution in [0.25, 0.3) is 0 Å². The number of ether oxygens (including phenoxy) is 1. The molecule has 0 aliphatic rings. The number of amides is 1. The number of nitrogens with one attached hydrogen (secondary N) is 1. The largest absolute Gasteiger partial charge is 0.431 e. The van der Waals surface area contributed by atoms with Gasteiger partial charge in [0.2, 0.25) is 0 Å². The molecule has 0 unspecified atom stereocenters. The third-order valence-corrected chi connectivity index (χ3v) is 4.12. The molecular weight excluding hydrogens is 430 g/mol. The van der Waals surface area contributed by atoms with Crippen molar-refractivity contribution in [3.63, 3.8) is 0 Å². The molecule has 23 heavy (non-hydrogen) atoms. The normalized spacial score (nSPS) is 10.3. The Morgan fingerprint density at radius 1 is 1.22 bits per heavy atom. The molecule has 3 rings (SSSR count). The maximum Gasteiger partial charge on any atom is 0.278 e. The fourth-order valence-corrected chi connectivity index (χ4v) is 3.00. The molecule has 1 N–H and O–H groups in total. The van der Waals surface area contributed by atoms with Crippen LogP contribution < -0.4 is 10.1 Å². The van der Waals surface area contributed by atoms with E-state index in [1.165, 1.54) is 23.5 Å². The number of anilines is 1. The standard InChI is InChI=1S/C16H10FIN2O2S/c17-11-7-12(18)9-13(8-11)20-15(21)10-1-3-14(4-2-10)22-16-19-5-6-23-16/h1-9H,(H,20,21). The van der Waals surface area contributed by atoms with Gasteiger partial charge in [0.15, 0.2) is 0 Å². The summed E-state index contributed by atoms with van der Waals surface area (Å²) in [4.78, 5) is 16.2. The summed E-state index contributed by atoms with van der Waals surface area (Å²) in [6, 6.07) is 11.0. The van der Waals surface area contributed by atoms with Crippen LogP contribution in [0.15, 0.2) is 54.0 Å². The number of thiazole rings is 1. The summed E-state index contributed by atoms with van der Waals surface area (Å²) in [5.74, 6) is -0.108. The maximum atomic E-state index is 13.3. The lowest BCUT2D eigenvalue weighted by Crippen LogP contribution is -2.12. The van der Waals surface area contributed by atoms with E-state index in [0.717, 1.165) is 0 Å². The van der Waals surface area contributed by atoms with Gasteiger partial charge in [0.1, 0.15) is 11.6 Å². The quantitative estimate of drug-likeness (QED) is 0.586. The second kappa shape index (κ2) is 7.05. The molecule has 3 aromatic rings. The first-order valence-electron chi connectivity index (χ1n) is 6.55. The summed E-state index contributed by atoms with van der Waals surface area (Å²) >= 11 is 3.38. The number of nitrogens with zero attached hydrogens (tertiary/aromatic N) is 1. The average molecular weight is 440 g/mol. The van der Waals surface area contributed by atoms with Crippen LogP contribution >= 0.6 is 33.9 Å².